The molecule has 1 atom stereocenters. The van der Waals surface area contributed by atoms with Crippen LogP contribution in [0.25, 0.3) is 0 Å². The van der Waals surface area contributed by atoms with Gasteiger partial charge in [-0.05, 0) is 30.2 Å². The Bertz CT molecular complexity index is 1330. The molecule has 0 saturated heterocycles. The molecule has 14 heteroatoms. The number of amides is 2. The number of hydrogen-bond acceptors (Lipinski definition) is 5. The van der Waals surface area contributed by atoms with E-state index in [1.807, 2.05) is 0 Å². The number of halogens is 6. The molecule has 2 amide bonds. The number of aromatic nitrogens is 3. The predicted molar refractivity (Wildman–Crippen MR) is 117 cm³/mol. The van der Waals surface area contributed by atoms with Crippen LogP contribution in [-0.4, -0.2) is 43.8 Å². The quantitative estimate of drug-likeness (QED) is 0.379. The number of carbonyl (C=O) groups is 2. The smallest absolute Gasteiger partial charge is 0.335 e. The van der Waals surface area contributed by atoms with E-state index in [-0.39, 0.29) is 55.1 Å². The fraction of sp³-hybridized carbons (Fsp3) is 0.304. The molecule has 0 aliphatic carbocycles. The van der Waals surface area contributed by atoms with Crippen molar-refractivity contribution in [2.75, 3.05) is 11.9 Å². The molecule has 3 heterocycles. The molecule has 3 aromatic rings. The van der Waals surface area contributed by atoms with Gasteiger partial charge in [0, 0.05) is 44.0 Å². The third-order valence-electron chi connectivity index (χ3n) is 5.78. The minimum Gasteiger partial charge on any atom is -0.335 e. The molecule has 0 spiro atoms. The number of carbonyl (C=O) groups excluding carboxylic acids is 2. The molecule has 196 valence electrons. The van der Waals surface area contributed by atoms with Crippen molar-refractivity contribution in [3.63, 3.8) is 0 Å². The molecule has 2 aromatic heterocycles. The number of fused-ring (bicyclic) bond motifs is 1. The van der Waals surface area contributed by atoms with Crippen molar-refractivity contribution >= 4 is 17.6 Å². The second-order valence-corrected chi connectivity index (χ2v) is 8.42. The summed E-state index contributed by atoms with van der Waals surface area (Å²) in [5.41, 5.74) is 5.77. The van der Waals surface area contributed by atoms with E-state index in [9.17, 15) is 35.9 Å². The Balaban J connectivity index is 1.50. The Morgan fingerprint density at radius 1 is 1.11 bits per heavy atom. The van der Waals surface area contributed by atoms with Crippen LogP contribution < -0.4 is 11.1 Å². The lowest BCUT2D eigenvalue weighted by Gasteiger charge is -2.30. The monoisotopic (exact) mass is 526 g/mol. The van der Waals surface area contributed by atoms with Gasteiger partial charge in [0.15, 0.2) is 17.5 Å². The molecule has 0 bridgehead atoms. The van der Waals surface area contributed by atoms with Gasteiger partial charge in [-0.25, -0.2) is 18.2 Å². The van der Waals surface area contributed by atoms with E-state index < -0.39 is 47.3 Å². The van der Waals surface area contributed by atoms with Crippen LogP contribution in [0.5, 0.6) is 0 Å². The highest BCUT2D eigenvalue weighted by atomic mass is 19.4. The molecule has 1 aliphatic heterocycles. The fourth-order valence-electron chi connectivity index (χ4n) is 4.00. The topological polar surface area (TPSA) is 106 Å². The number of nitrogens with two attached hydrogens (primary N) is 1. The average molecular weight is 526 g/mol. The van der Waals surface area contributed by atoms with E-state index in [1.165, 1.54) is 29.4 Å². The highest BCUT2D eigenvalue weighted by Crippen LogP contribution is 2.34. The lowest BCUT2D eigenvalue weighted by Crippen LogP contribution is -2.42. The molecule has 37 heavy (non-hydrogen) atoms. The number of anilines is 1. The van der Waals surface area contributed by atoms with Crippen LogP contribution in [0.1, 0.15) is 33.9 Å². The Labute approximate surface area is 206 Å². The summed E-state index contributed by atoms with van der Waals surface area (Å²) in [5.74, 6) is -6.51. The number of benzene rings is 1. The van der Waals surface area contributed by atoms with Gasteiger partial charge in [-0.15, -0.1) is 0 Å². The number of nitrogens with one attached hydrogen (secondary N) is 1. The van der Waals surface area contributed by atoms with Gasteiger partial charge in [0.2, 0.25) is 11.7 Å². The maximum atomic E-state index is 13.9. The summed E-state index contributed by atoms with van der Waals surface area (Å²) in [4.78, 5) is 34.0. The summed E-state index contributed by atoms with van der Waals surface area (Å²) >= 11 is 0. The molecular weight excluding hydrogens is 506 g/mol. The standard InChI is InChI=1S/C23H20F6N6O2/c24-15-9-17(26)16(25)7-13(15)6-14(30)8-19(36)34-4-5-35-18(11-34)20(33-22(35)23(27,28)29)32-21(37)12-2-1-3-31-10-12/h1-3,7,9-10,14H,4-6,8,11,30H2,(H,32,37)/t14-/m1/s1. The molecule has 0 unspecified atom stereocenters. The number of hydrogen-bond donors (Lipinski definition) is 2. The van der Waals surface area contributed by atoms with E-state index >= 15 is 0 Å². The lowest BCUT2D eigenvalue weighted by molar-refractivity contribution is -0.148. The normalized spacial score (nSPS) is 14.3. The Kier molecular flexibility index (Phi) is 7.21. The van der Waals surface area contributed by atoms with Gasteiger partial charge in [-0.2, -0.15) is 13.2 Å². The van der Waals surface area contributed by atoms with Crippen molar-refractivity contribution in [3.8, 4) is 0 Å². The second kappa shape index (κ2) is 10.2. The number of nitrogens with zero attached hydrogens (tertiary/aromatic N) is 4. The van der Waals surface area contributed by atoms with Gasteiger partial charge in [0.05, 0.1) is 17.8 Å². The second-order valence-electron chi connectivity index (χ2n) is 8.42. The molecule has 0 saturated carbocycles. The van der Waals surface area contributed by atoms with Gasteiger partial charge in [-0.3, -0.25) is 14.6 Å². The molecular formula is C23H20F6N6O2. The molecule has 3 N–H and O–H groups in total. The van der Waals surface area contributed by atoms with Crippen molar-refractivity contribution in [1.29, 1.82) is 0 Å². The zero-order chi connectivity index (χ0) is 26.9. The zero-order valence-electron chi connectivity index (χ0n) is 19.0. The Morgan fingerprint density at radius 3 is 2.51 bits per heavy atom. The van der Waals surface area contributed by atoms with Crippen molar-refractivity contribution in [2.45, 2.75) is 38.1 Å². The number of rotatable bonds is 6. The highest BCUT2D eigenvalue weighted by Gasteiger charge is 2.41. The van der Waals surface area contributed by atoms with E-state index in [0.29, 0.717) is 12.1 Å². The summed E-state index contributed by atoms with van der Waals surface area (Å²) in [6.45, 7) is -0.664. The van der Waals surface area contributed by atoms with Gasteiger partial charge >= 0.3 is 6.18 Å². The minimum absolute atomic E-state index is 0.0376. The molecule has 1 aliphatic rings. The van der Waals surface area contributed by atoms with Gasteiger partial charge in [-0.1, -0.05) is 0 Å². The number of pyridine rings is 1. The summed E-state index contributed by atoms with van der Waals surface area (Å²) in [6.07, 6.45) is -2.77. The number of imidazole rings is 1. The van der Waals surface area contributed by atoms with E-state index in [4.69, 9.17) is 5.73 Å². The molecule has 8 nitrogen and oxygen atoms in total. The summed E-state index contributed by atoms with van der Waals surface area (Å²) in [7, 11) is 0. The predicted octanol–water partition coefficient (Wildman–Crippen LogP) is 3.27. The third kappa shape index (κ3) is 5.74. The maximum absolute atomic E-state index is 13.9. The first-order valence-corrected chi connectivity index (χ1v) is 11.0. The van der Waals surface area contributed by atoms with Crippen molar-refractivity contribution in [2.24, 2.45) is 5.73 Å². The SMILES string of the molecule is N[C@@H](CC(=O)N1CCn2c(C(F)(F)F)nc(NC(=O)c3cccnc3)c2C1)Cc1cc(F)c(F)cc1F. The first kappa shape index (κ1) is 26.1. The highest BCUT2D eigenvalue weighted by molar-refractivity contribution is 6.03. The summed E-state index contributed by atoms with van der Waals surface area (Å²) in [6, 6.07) is 2.96. The maximum Gasteiger partial charge on any atom is 0.449 e. The molecule has 0 fully saturated rings. The van der Waals surface area contributed by atoms with Gasteiger partial charge in [0.1, 0.15) is 5.82 Å². The van der Waals surface area contributed by atoms with E-state index in [0.717, 1.165) is 4.57 Å². The summed E-state index contributed by atoms with van der Waals surface area (Å²) in [5, 5.41) is 2.35. The van der Waals surface area contributed by atoms with E-state index in [1.54, 1.807) is 0 Å². The van der Waals surface area contributed by atoms with E-state index in [2.05, 4.69) is 15.3 Å². The largest absolute Gasteiger partial charge is 0.449 e. The molecule has 4 rings (SSSR count). The molecule has 1 aromatic carbocycles. The first-order chi connectivity index (χ1) is 17.4. The van der Waals surface area contributed by atoms with Gasteiger partial charge < -0.3 is 20.5 Å². The Morgan fingerprint density at radius 2 is 1.84 bits per heavy atom. The van der Waals surface area contributed by atoms with Crippen LogP contribution >= 0.6 is 0 Å². The van der Waals surface area contributed by atoms with Crippen LogP contribution in [0, 0.1) is 17.5 Å². The summed E-state index contributed by atoms with van der Waals surface area (Å²) < 4.78 is 82.2. The van der Waals surface area contributed by atoms with Crippen LogP contribution in [0.4, 0.5) is 32.2 Å². The average Bonchev–Trinajstić information content (AvgIpc) is 3.21. The zero-order valence-corrected chi connectivity index (χ0v) is 19.0. The van der Waals surface area contributed by atoms with Crippen molar-refractivity contribution in [1.82, 2.24) is 19.4 Å². The van der Waals surface area contributed by atoms with Crippen LogP contribution in [0.3, 0.4) is 0 Å². The van der Waals surface area contributed by atoms with Crippen LogP contribution in [0.2, 0.25) is 0 Å². The third-order valence-corrected chi connectivity index (χ3v) is 5.78. The van der Waals surface area contributed by atoms with Crippen molar-refractivity contribution in [3.05, 3.63) is 76.8 Å². The minimum atomic E-state index is -4.81. The fourth-order valence-corrected chi connectivity index (χ4v) is 4.00. The first-order valence-electron chi connectivity index (χ1n) is 11.0. The lowest BCUT2D eigenvalue weighted by atomic mass is 10.0. The van der Waals surface area contributed by atoms with Crippen LogP contribution in [0.15, 0.2) is 36.7 Å². The molecule has 0 radical (unpaired) electrons. The number of alkyl halides is 3. The van der Waals surface area contributed by atoms with Gasteiger partial charge in [0.25, 0.3) is 5.91 Å². The van der Waals surface area contributed by atoms with Crippen LogP contribution in [-0.2, 0) is 30.5 Å². The van der Waals surface area contributed by atoms with Crippen molar-refractivity contribution < 1.29 is 35.9 Å². The Hall–Kier alpha value is -3.94.